The standard InChI is InChI=1S/C18H22N2O3S/c21-24(22,20-11-4-8-17(20)18-9-5-13-23-18)19-12-10-16(14-19)15-6-2-1-3-7-15/h1-3,5-7,9,13,16-17H,4,8,10-12,14H2/t16-,17-/m1/s1. The quantitative estimate of drug-likeness (QED) is 0.854. The van der Waals surface area contributed by atoms with Crippen LogP contribution in [0.4, 0.5) is 0 Å². The van der Waals surface area contributed by atoms with Gasteiger partial charge in [-0.05, 0) is 42.9 Å². The molecule has 1 aromatic carbocycles. The van der Waals surface area contributed by atoms with Crippen LogP contribution in [-0.4, -0.2) is 36.7 Å². The molecule has 0 bridgehead atoms. The Morgan fingerprint density at radius 1 is 1.00 bits per heavy atom. The van der Waals surface area contributed by atoms with Gasteiger partial charge in [-0.25, -0.2) is 0 Å². The summed E-state index contributed by atoms with van der Waals surface area (Å²) in [5.41, 5.74) is 1.22. The van der Waals surface area contributed by atoms with E-state index in [9.17, 15) is 8.42 Å². The minimum Gasteiger partial charge on any atom is -0.468 e. The molecule has 0 aliphatic carbocycles. The van der Waals surface area contributed by atoms with E-state index in [1.54, 1.807) is 14.9 Å². The second-order valence-electron chi connectivity index (χ2n) is 6.55. The second-order valence-corrected chi connectivity index (χ2v) is 8.43. The van der Waals surface area contributed by atoms with E-state index < -0.39 is 10.2 Å². The summed E-state index contributed by atoms with van der Waals surface area (Å²) in [4.78, 5) is 0. The van der Waals surface area contributed by atoms with Crippen molar-refractivity contribution in [2.24, 2.45) is 0 Å². The van der Waals surface area contributed by atoms with E-state index in [1.807, 2.05) is 30.3 Å². The number of benzene rings is 1. The van der Waals surface area contributed by atoms with E-state index in [0.717, 1.165) is 25.0 Å². The number of hydrogen-bond donors (Lipinski definition) is 0. The molecule has 2 fully saturated rings. The normalized spacial score (nSPS) is 26.2. The largest absolute Gasteiger partial charge is 0.468 e. The summed E-state index contributed by atoms with van der Waals surface area (Å²) in [5.74, 6) is 1.03. The molecule has 2 aliphatic heterocycles. The first-order chi connectivity index (χ1) is 11.7. The molecule has 0 spiro atoms. The van der Waals surface area contributed by atoms with Crippen molar-refractivity contribution in [2.45, 2.75) is 31.2 Å². The third-order valence-electron chi connectivity index (χ3n) is 5.12. The van der Waals surface area contributed by atoms with E-state index in [0.29, 0.717) is 19.6 Å². The van der Waals surface area contributed by atoms with Crippen LogP contribution in [-0.2, 0) is 10.2 Å². The fourth-order valence-corrected chi connectivity index (χ4v) is 5.76. The Morgan fingerprint density at radius 3 is 2.58 bits per heavy atom. The molecule has 2 aromatic rings. The average molecular weight is 346 g/mol. The highest BCUT2D eigenvalue weighted by Crippen LogP contribution is 2.38. The van der Waals surface area contributed by atoms with Crippen molar-refractivity contribution < 1.29 is 12.8 Å². The molecule has 128 valence electrons. The monoisotopic (exact) mass is 346 g/mol. The maximum atomic E-state index is 13.1. The summed E-state index contributed by atoms with van der Waals surface area (Å²) in [5, 5.41) is 0. The molecule has 0 N–H and O–H groups in total. The number of hydrogen-bond acceptors (Lipinski definition) is 3. The summed E-state index contributed by atoms with van der Waals surface area (Å²) in [7, 11) is -3.45. The van der Waals surface area contributed by atoms with Crippen molar-refractivity contribution in [1.29, 1.82) is 0 Å². The predicted octanol–water partition coefficient (Wildman–Crippen LogP) is 3.15. The van der Waals surface area contributed by atoms with Crippen molar-refractivity contribution in [3.05, 3.63) is 60.1 Å². The lowest BCUT2D eigenvalue weighted by molar-refractivity contribution is 0.312. The summed E-state index contributed by atoms with van der Waals surface area (Å²) < 4.78 is 35.0. The van der Waals surface area contributed by atoms with Gasteiger partial charge in [-0.3, -0.25) is 0 Å². The van der Waals surface area contributed by atoms with Gasteiger partial charge in [0.15, 0.2) is 0 Å². The van der Waals surface area contributed by atoms with Crippen molar-refractivity contribution in [2.75, 3.05) is 19.6 Å². The maximum absolute atomic E-state index is 13.1. The molecule has 0 saturated carbocycles. The van der Waals surface area contributed by atoms with Crippen molar-refractivity contribution in [3.63, 3.8) is 0 Å². The van der Waals surface area contributed by atoms with E-state index >= 15 is 0 Å². The Kier molecular flexibility index (Phi) is 4.20. The van der Waals surface area contributed by atoms with E-state index in [2.05, 4.69) is 12.1 Å². The molecule has 6 heteroatoms. The van der Waals surface area contributed by atoms with E-state index in [1.165, 1.54) is 5.56 Å². The zero-order valence-corrected chi connectivity index (χ0v) is 14.4. The highest BCUT2D eigenvalue weighted by atomic mass is 32.2. The molecule has 24 heavy (non-hydrogen) atoms. The van der Waals surface area contributed by atoms with Gasteiger partial charge >= 0.3 is 0 Å². The molecule has 2 saturated heterocycles. The van der Waals surface area contributed by atoms with Gasteiger partial charge in [-0.2, -0.15) is 17.0 Å². The van der Waals surface area contributed by atoms with Crippen LogP contribution in [0.2, 0.25) is 0 Å². The van der Waals surface area contributed by atoms with Crippen LogP contribution in [0.1, 0.15) is 42.5 Å². The summed E-state index contributed by atoms with van der Waals surface area (Å²) >= 11 is 0. The third kappa shape index (κ3) is 2.79. The zero-order valence-electron chi connectivity index (χ0n) is 13.5. The topological polar surface area (TPSA) is 53.8 Å². The molecular formula is C18H22N2O3S. The van der Waals surface area contributed by atoms with E-state index in [4.69, 9.17) is 4.42 Å². The van der Waals surface area contributed by atoms with Crippen LogP contribution in [0.5, 0.6) is 0 Å². The van der Waals surface area contributed by atoms with E-state index in [-0.39, 0.29) is 12.0 Å². The van der Waals surface area contributed by atoms with Gasteiger partial charge in [0, 0.05) is 19.6 Å². The van der Waals surface area contributed by atoms with Crippen LogP contribution >= 0.6 is 0 Å². The second kappa shape index (κ2) is 6.35. The van der Waals surface area contributed by atoms with Crippen LogP contribution < -0.4 is 0 Å². The third-order valence-corrected chi connectivity index (χ3v) is 7.13. The number of rotatable bonds is 4. The fraction of sp³-hybridized carbons (Fsp3) is 0.444. The van der Waals surface area contributed by atoms with Crippen molar-refractivity contribution in [1.82, 2.24) is 8.61 Å². The van der Waals surface area contributed by atoms with Crippen molar-refractivity contribution >= 4 is 10.2 Å². The van der Waals surface area contributed by atoms with Gasteiger partial charge in [0.2, 0.25) is 0 Å². The fourth-order valence-electron chi connectivity index (χ4n) is 3.86. The molecule has 3 heterocycles. The Bertz CT molecular complexity index is 774. The Morgan fingerprint density at radius 2 is 1.83 bits per heavy atom. The summed E-state index contributed by atoms with van der Waals surface area (Å²) in [6, 6.07) is 13.7. The molecule has 0 radical (unpaired) electrons. The van der Waals surface area contributed by atoms with Crippen LogP contribution in [0.3, 0.4) is 0 Å². The predicted molar refractivity (Wildman–Crippen MR) is 91.7 cm³/mol. The lowest BCUT2D eigenvalue weighted by Gasteiger charge is -2.27. The van der Waals surface area contributed by atoms with Gasteiger partial charge in [0.1, 0.15) is 5.76 Å². The highest BCUT2D eigenvalue weighted by Gasteiger charge is 2.42. The average Bonchev–Trinajstić information content (AvgIpc) is 3.35. The van der Waals surface area contributed by atoms with Gasteiger partial charge in [0.05, 0.1) is 12.3 Å². The van der Waals surface area contributed by atoms with Crippen LogP contribution in [0.15, 0.2) is 53.1 Å². The summed E-state index contributed by atoms with van der Waals surface area (Å²) in [6.45, 7) is 1.72. The number of nitrogens with zero attached hydrogens (tertiary/aromatic N) is 2. The molecule has 2 aliphatic rings. The Labute approximate surface area is 143 Å². The highest BCUT2D eigenvalue weighted by molar-refractivity contribution is 7.86. The Balaban J connectivity index is 1.53. The number of furan rings is 1. The molecule has 4 rings (SSSR count). The molecule has 0 unspecified atom stereocenters. The van der Waals surface area contributed by atoms with Crippen LogP contribution in [0.25, 0.3) is 0 Å². The summed E-state index contributed by atoms with van der Waals surface area (Å²) in [6.07, 6.45) is 4.19. The first kappa shape index (κ1) is 15.9. The molecule has 1 aromatic heterocycles. The Hall–Kier alpha value is -1.63. The molecule has 0 amide bonds. The first-order valence-corrected chi connectivity index (χ1v) is 9.91. The van der Waals surface area contributed by atoms with Gasteiger partial charge < -0.3 is 4.42 Å². The van der Waals surface area contributed by atoms with Gasteiger partial charge in [-0.1, -0.05) is 30.3 Å². The van der Waals surface area contributed by atoms with Gasteiger partial charge in [0.25, 0.3) is 10.2 Å². The smallest absolute Gasteiger partial charge is 0.282 e. The SMILES string of the molecule is O=S(=O)(N1CC[C@@H](c2ccccc2)C1)N1CCC[C@@H]1c1ccco1. The first-order valence-electron chi connectivity index (χ1n) is 8.51. The minimum absolute atomic E-state index is 0.166. The maximum Gasteiger partial charge on any atom is 0.282 e. The molecular weight excluding hydrogens is 324 g/mol. The lowest BCUT2D eigenvalue weighted by atomic mass is 9.99. The molecule has 2 atom stereocenters. The molecule has 5 nitrogen and oxygen atoms in total. The zero-order chi connectivity index (χ0) is 16.6. The van der Waals surface area contributed by atoms with Gasteiger partial charge in [-0.15, -0.1) is 0 Å². The van der Waals surface area contributed by atoms with Crippen LogP contribution in [0, 0.1) is 0 Å². The minimum atomic E-state index is -3.45. The van der Waals surface area contributed by atoms with Crippen molar-refractivity contribution in [3.8, 4) is 0 Å². The lowest BCUT2D eigenvalue weighted by Crippen LogP contribution is -2.42.